The summed E-state index contributed by atoms with van der Waals surface area (Å²) < 4.78 is 7.09. The Bertz CT molecular complexity index is 983. The molecule has 0 radical (unpaired) electrons. The number of aromatic nitrogens is 2. The summed E-state index contributed by atoms with van der Waals surface area (Å²) in [7, 11) is 1.57. The zero-order valence-electron chi connectivity index (χ0n) is 16.5. The summed E-state index contributed by atoms with van der Waals surface area (Å²) in [5.41, 5.74) is 2.37. The Balaban J connectivity index is 1.95. The first-order chi connectivity index (χ1) is 14.1. The highest BCUT2D eigenvalue weighted by Crippen LogP contribution is 2.31. The molecule has 2 N–H and O–H groups in total. The molecule has 0 unspecified atom stereocenters. The SMILES string of the molecule is CCCNC(=O)CNC(=O)c1cn(-c2ccccc2)nc1-c1ccccc1OC. The van der Waals surface area contributed by atoms with Crippen LogP contribution in [0, 0.1) is 0 Å². The van der Waals surface area contributed by atoms with Crippen LogP contribution in [0.15, 0.2) is 60.8 Å². The molecular formula is C22H24N4O3. The molecule has 0 saturated heterocycles. The lowest BCUT2D eigenvalue weighted by atomic mass is 10.1. The monoisotopic (exact) mass is 392 g/mol. The van der Waals surface area contributed by atoms with E-state index in [0.29, 0.717) is 29.1 Å². The van der Waals surface area contributed by atoms with Crippen LogP contribution >= 0.6 is 0 Å². The molecule has 0 aliphatic carbocycles. The van der Waals surface area contributed by atoms with Gasteiger partial charge in [0.25, 0.3) is 5.91 Å². The molecule has 29 heavy (non-hydrogen) atoms. The molecule has 0 saturated carbocycles. The summed E-state index contributed by atoms with van der Waals surface area (Å²) in [6.45, 7) is 2.45. The molecule has 1 heterocycles. The second-order valence-corrected chi connectivity index (χ2v) is 6.40. The predicted molar refractivity (Wildman–Crippen MR) is 111 cm³/mol. The quantitative estimate of drug-likeness (QED) is 0.617. The number of methoxy groups -OCH3 is 1. The largest absolute Gasteiger partial charge is 0.496 e. The van der Waals surface area contributed by atoms with Crippen LogP contribution in [0.25, 0.3) is 16.9 Å². The molecule has 3 aromatic rings. The summed E-state index contributed by atoms with van der Waals surface area (Å²) in [4.78, 5) is 24.7. The van der Waals surface area contributed by atoms with Crippen molar-refractivity contribution in [2.45, 2.75) is 13.3 Å². The second kappa shape index (κ2) is 9.54. The van der Waals surface area contributed by atoms with E-state index >= 15 is 0 Å². The molecule has 0 bridgehead atoms. The summed E-state index contributed by atoms with van der Waals surface area (Å²) >= 11 is 0. The van der Waals surface area contributed by atoms with Crippen LogP contribution in [0.4, 0.5) is 0 Å². The first kappa shape index (κ1) is 20.1. The van der Waals surface area contributed by atoms with Crippen molar-refractivity contribution >= 4 is 11.8 Å². The fraction of sp³-hybridized carbons (Fsp3) is 0.227. The van der Waals surface area contributed by atoms with E-state index in [1.807, 2.05) is 61.5 Å². The van der Waals surface area contributed by atoms with Crippen molar-refractivity contribution in [2.75, 3.05) is 20.2 Å². The van der Waals surface area contributed by atoms with E-state index in [1.54, 1.807) is 18.0 Å². The van der Waals surface area contributed by atoms with Gasteiger partial charge in [-0.15, -0.1) is 0 Å². The molecular weight excluding hydrogens is 368 g/mol. The minimum Gasteiger partial charge on any atom is -0.496 e. The summed E-state index contributed by atoms with van der Waals surface area (Å²) in [6.07, 6.45) is 2.50. The van der Waals surface area contributed by atoms with E-state index in [9.17, 15) is 9.59 Å². The van der Waals surface area contributed by atoms with Crippen LogP contribution in [-0.2, 0) is 4.79 Å². The molecule has 7 heteroatoms. The normalized spacial score (nSPS) is 10.4. The lowest BCUT2D eigenvalue weighted by molar-refractivity contribution is -0.120. The van der Waals surface area contributed by atoms with Gasteiger partial charge in [0.2, 0.25) is 5.91 Å². The molecule has 3 rings (SSSR count). The van der Waals surface area contributed by atoms with E-state index in [2.05, 4.69) is 15.7 Å². The maximum Gasteiger partial charge on any atom is 0.255 e. The van der Waals surface area contributed by atoms with Gasteiger partial charge in [0.15, 0.2) is 0 Å². The Morgan fingerprint density at radius 3 is 2.48 bits per heavy atom. The summed E-state index contributed by atoms with van der Waals surface area (Å²) in [6, 6.07) is 16.9. The zero-order valence-corrected chi connectivity index (χ0v) is 16.5. The van der Waals surface area contributed by atoms with Crippen molar-refractivity contribution in [3.8, 4) is 22.7 Å². The molecule has 7 nitrogen and oxygen atoms in total. The molecule has 0 aliphatic heterocycles. The number of hydrogen-bond donors (Lipinski definition) is 2. The van der Waals surface area contributed by atoms with Gasteiger partial charge < -0.3 is 15.4 Å². The molecule has 0 aliphatic rings. The first-order valence-corrected chi connectivity index (χ1v) is 9.47. The van der Waals surface area contributed by atoms with Gasteiger partial charge in [0.1, 0.15) is 11.4 Å². The van der Waals surface area contributed by atoms with Crippen molar-refractivity contribution in [2.24, 2.45) is 0 Å². The molecule has 2 amide bonds. The Kier molecular flexibility index (Phi) is 6.63. The van der Waals surface area contributed by atoms with Crippen molar-refractivity contribution in [1.82, 2.24) is 20.4 Å². The third-order valence-corrected chi connectivity index (χ3v) is 4.32. The van der Waals surface area contributed by atoms with Crippen LogP contribution < -0.4 is 15.4 Å². The number of nitrogens with one attached hydrogen (secondary N) is 2. The third-order valence-electron chi connectivity index (χ3n) is 4.32. The van der Waals surface area contributed by atoms with Crippen LogP contribution in [0.3, 0.4) is 0 Å². The Morgan fingerprint density at radius 1 is 1.03 bits per heavy atom. The highest BCUT2D eigenvalue weighted by Gasteiger charge is 2.21. The highest BCUT2D eigenvalue weighted by atomic mass is 16.5. The van der Waals surface area contributed by atoms with E-state index < -0.39 is 0 Å². The van der Waals surface area contributed by atoms with Gasteiger partial charge in [-0.2, -0.15) is 5.10 Å². The number of benzene rings is 2. The highest BCUT2D eigenvalue weighted by molar-refractivity contribution is 6.01. The van der Waals surface area contributed by atoms with Crippen molar-refractivity contribution < 1.29 is 14.3 Å². The van der Waals surface area contributed by atoms with Crippen LogP contribution in [-0.4, -0.2) is 41.8 Å². The first-order valence-electron chi connectivity index (χ1n) is 9.47. The summed E-state index contributed by atoms with van der Waals surface area (Å²) in [5, 5.41) is 10.0. The number of rotatable bonds is 8. The molecule has 2 aromatic carbocycles. The average Bonchev–Trinajstić information content (AvgIpc) is 3.22. The van der Waals surface area contributed by atoms with Crippen LogP contribution in [0.5, 0.6) is 5.75 Å². The van der Waals surface area contributed by atoms with E-state index in [1.165, 1.54) is 0 Å². The minimum absolute atomic E-state index is 0.0965. The van der Waals surface area contributed by atoms with Gasteiger partial charge in [-0.1, -0.05) is 37.3 Å². The lowest BCUT2D eigenvalue weighted by Crippen LogP contribution is -2.37. The predicted octanol–water partition coefficient (Wildman–Crippen LogP) is 2.80. The number of para-hydroxylation sites is 2. The summed E-state index contributed by atoms with van der Waals surface area (Å²) in [5.74, 6) is 0.00905. The van der Waals surface area contributed by atoms with Crippen molar-refractivity contribution in [3.63, 3.8) is 0 Å². The Labute approximate surface area is 169 Å². The van der Waals surface area contributed by atoms with Crippen molar-refractivity contribution in [1.29, 1.82) is 0 Å². The number of carbonyl (C=O) groups excluding carboxylic acids is 2. The molecule has 0 fully saturated rings. The molecule has 1 aromatic heterocycles. The fourth-order valence-electron chi connectivity index (χ4n) is 2.87. The van der Waals surface area contributed by atoms with Gasteiger partial charge in [-0.25, -0.2) is 4.68 Å². The van der Waals surface area contributed by atoms with E-state index in [0.717, 1.165) is 12.1 Å². The maximum atomic E-state index is 12.9. The molecule has 0 spiro atoms. The average molecular weight is 392 g/mol. The van der Waals surface area contributed by atoms with Crippen LogP contribution in [0.1, 0.15) is 23.7 Å². The molecule has 150 valence electrons. The lowest BCUT2D eigenvalue weighted by Gasteiger charge is -2.08. The van der Waals surface area contributed by atoms with E-state index in [4.69, 9.17) is 4.74 Å². The van der Waals surface area contributed by atoms with Gasteiger partial charge in [-0.3, -0.25) is 9.59 Å². The van der Waals surface area contributed by atoms with Gasteiger partial charge in [0.05, 0.1) is 24.9 Å². The smallest absolute Gasteiger partial charge is 0.255 e. The minimum atomic E-state index is -0.375. The zero-order chi connectivity index (χ0) is 20.6. The van der Waals surface area contributed by atoms with Gasteiger partial charge in [0, 0.05) is 18.3 Å². The standard InChI is InChI=1S/C22H24N4O3/c1-3-13-23-20(27)14-24-22(28)18-15-26(16-9-5-4-6-10-16)25-21(18)17-11-7-8-12-19(17)29-2/h4-12,15H,3,13-14H2,1-2H3,(H,23,27)(H,24,28). The van der Waals surface area contributed by atoms with E-state index in [-0.39, 0.29) is 18.4 Å². The number of amides is 2. The van der Waals surface area contributed by atoms with Crippen LogP contribution in [0.2, 0.25) is 0 Å². The second-order valence-electron chi connectivity index (χ2n) is 6.40. The maximum absolute atomic E-state index is 12.9. The third kappa shape index (κ3) is 4.82. The Morgan fingerprint density at radius 2 is 1.76 bits per heavy atom. The van der Waals surface area contributed by atoms with Gasteiger partial charge in [-0.05, 0) is 30.7 Å². The molecule has 0 atom stereocenters. The van der Waals surface area contributed by atoms with Gasteiger partial charge >= 0.3 is 0 Å². The fourth-order valence-corrected chi connectivity index (χ4v) is 2.87. The number of hydrogen-bond acceptors (Lipinski definition) is 4. The van der Waals surface area contributed by atoms with Crippen molar-refractivity contribution in [3.05, 3.63) is 66.4 Å². The topological polar surface area (TPSA) is 85.3 Å². The number of carbonyl (C=O) groups is 2. The Hall–Kier alpha value is -3.61. The number of nitrogens with zero attached hydrogens (tertiary/aromatic N) is 2. The number of ether oxygens (including phenoxy) is 1.